The zero-order valence-corrected chi connectivity index (χ0v) is 16.9. The smallest absolute Gasteiger partial charge is 0.261 e. The van der Waals surface area contributed by atoms with Crippen LogP contribution in [0, 0.1) is 0 Å². The molecule has 1 atom stereocenters. The highest BCUT2D eigenvalue weighted by molar-refractivity contribution is 5.81. The number of carbonyl (C=O) groups is 1. The largest absolute Gasteiger partial charge is 0.493 e. The second-order valence-corrected chi connectivity index (χ2v) is 5.88. The SMILES string of the molecule is CC[C@@H](Oc1ccccc1OC)C(=O)NCc1ccc(OC)c(OC)c1OC. The molecule has 2 rings (SSSR count). The summed E-state index contributed by atoms with van der Waals surface area (Å²) in [6.45, 7) is 2.14. The molecule has 2 aromatic rings. The Morgan fingerprint density at radius 2 is 1.50 bits per heavy atom. The van der Waals surface area contributed by atoms with Gasteiger partial charge in [-0.3, -0.25) is 4.79 Å². The van der Waals surface area contributed by atoms with Crippen LogP contribution in [-0.4, -0.2) is 40.5 Å². The molecular formula is C21H27NO6. The number of carbonyl (C=O) groups excluding carboxylic acids is 1. The van der Waals surface area contributed by atoms with Crippen molar-refractivity contribution in [3.8, 4) is 28.7 Å². The molecule has 28 heavy (non-hydrogen) atoms. The number of benzene rings is 2. The molecule has 0 bridgehead atoms. The summed E-state index contributed by atoms with van der Waals surface area (Å²) in [6, 6.07) is 10.8. The summed E-state index contributed by atoms with van der Waals surface area (Å²) in [4.78, 5) is 12.7. The lowest BCUT2D eigenvalue weighted by Crippen LogP contribution is -2.37. The summed E-state index contributed by atoms with van der Waals surface area (Å²) in [5.74, 6) is 2.42. The van der Waals surface area contributed by atoms with Gasteiger partial charge in [-0.2, -0.15) is 0 Å². The van der Waals surface area contributed by atoms with Crippen LogP contribution in [0.25, 0.3) is 0 Å². The van der Waals surface area contributed by atoms with E-state index >= 15 is 0 Å². The van der Waals surface area contributed by atoms with Crippen molar-refractivity contribution < 1.29 is 28.5 Å². The van der Waals surface area contributed by atoms with Crippen LogP contribution in [0.1, 0.15) is 18.9 Å². The minimum absolute atomic E-state index is 0.231. The van der Waals surface area contributed by atoms with Gasteiger partial charge in [-0.05, 0) is 30.7 Å². The van der Waals surface area contributed by atoms with Gasteiger partial charge >= 0.3 is 0 Å². The number of amides is 1. The maximum Gasteiger partial charge on any atom is 0.261 e. The molecule has 7 heteroatoms. The van der Waals surface area contributed by atoms with Gasteiger partial charge in [-0.1, -0.05) is 19.1 Å². The van der Waals surface area contributed by atoms with Crippen LogP contribution in [0.2, 0.25) is 0 Å². The zero-order valence-electron chi connectivity index (χ0n) is 16.9. The molecule has 0 aliphatic carbocycles. The summed E-state index contributed by atoms with van der Waals surface area (Å²) in [7, 11) is 6.20. The van der Waals surface area contributed by atoms with Gasteiger partial charge in [-0.25, -0.2) is 0 Å². The van der Waals surface area contributed by atoms with E-state index in [1.54, 1.807) is 39.5 Å². The first kappa shape index (κ1) is 21.2. The summed E-state index contributed by atoms with van der Waals surface area (Å²) in [5.41, 5.74) is 0.764. The van der Waals surface area contributed by atoms with Crippen molar-refractivity contribution in [2.24, 2.45) is 0 Å². The Bertz CT molecular complexity index is 792. The van der Waals surface area contributed by atoms with Gasteiger partial charge in [0.2, 0.25) is 5.75 Å². The van der Waals surface area contributed by atoms with E-state index in [0.717, 1.165) is 5.56 Å². The molecule has 152 valence electrons. The van der Waals surface area contributed by atoms with Crippen LogP contribution in [0.3, 0.4) is 0 Å². The van der Waals surface area contributed by atoms with Crippen LogP contribution < -0.4 is 29.0 Å². The molecule has 0 spiro atoms. The molecule has 0 saturated carbocycles. The van der Waals surface area contributed by atoms with E-state index in [9.17, 15) is 4.79 Å². The molecule has 0 radical (unpaired) electrons. The number of ether oxygens (including phenoxy) is 5. The van der Waals surface area contributed by atoms with Crippen molar-refractivity contribution >= 4 is 5.91 Å². The average Bonchev–Trinajstić information content (AvgIpc) is 2.74. The molecule has 1 N–H and O–H groups in total. The van der Waals surface area contributed by atoms with Gasteiger partial charge in [-0.15, -0.1) is 0 Å². The lowest BCUT2D eigenvalue weighted by molar-refractivity contribution is -0.128. The monoisotopic (exact) mass is 389 g/mol. The summed E-state index contributed by atoms with van der Waals surface area (Å²) >= 11 is 0. The van der Waals surface area contributed by atoms with Gasteiger partial charge in [0, 0.05) is 12.1 Å². The highest BCUT2D eigenvalue weighted by Gasteiger charge is 2.21. The molecule has 0 unspecified atom stereocenters. The number of hydrogen-bond donors (Lipinski definition) is 1. The van der Waals surface area contributed by atoms with Gasteiger partial charge in [0.25, 0.3) is 5.91 Å². The Labute approximate surface area is 165 Å². The van der Waals surface area contributed by atoms with Crippen LogP contribution in [0.15, 0.2) is 36.4 Å². The number of para-hydroxylation sites is 2. The van der Waals surface area contributed by atoms with Crippen LogP contribution in [0.4, 0.5) is 0 Å². The van der Waals surface area contributed by atoms with Gasteiger partial charge in [0.1, 0.15) is 0 Å². The number of nitrogens with one attached hydrogen (secondary N) is 1. The summed E-state index contributed by atoms with van der Waals surface area (Å²) in [6.07, 6.45) is -0.144. The van der Waals surface area contributed by atoms with Crippen LogP contribution in [0.5, 0.6) is 28.7 Å². The standard InChI is InChI=1S/C21H27NO6/c1-6-15(28-17-10-8-7-9-16(17)24-2)21(23)22-13-14-11-12-18(25-3)20(27-5)19(14)26-4/h7-12,15H,6,13H2,1-5H3,(H,22,23)/t15-/m1/s1. The van der Waals surface area contributed by atoms with Crippen molar-refractivity contribution in [1.82, 2.24) is 5.32 Å². The maximum absolute atomic E-state index is 12.7. The third-order valence-electron chi connectivity index (χ3n) is 4.24. The first-order chi connectivity index (χ1) is 13.6. The van der Waals surface area contributed by atoms with E-state index in [1.165, 1.54) is 7.11 Å². The van der Waals surface area contributed by atoms with E-state index in [-0.39, 0.29) is 12.5 Å². The Kier molecular flexibility index (Phi) is 7.80. The van der Waals surface area contributed by atoms with E-state index in [1.807, 2.05) is 25.1 Å². The van der Waals surface area contributed by atoms with Crippen molar-refractivity contribution in [2.45, 2.75) is 26.0 Å². The van der Waals surface area contributed by atoms with Crippen LogP contribution >= 0.6 is 0 Å². The van der Waals surface area contributed by atoms with E-state index in [2.05, 4.69) is 5.32 Å². The van der Waals surface area contributed by atoms with Crippen molar-refractivity contribution in [1.29, 1.82) is 0 Å². The summed E-state index contributed by atoms with van der Waals surface area (Å²) in [5, 5.41) is 2.89. The fourth-order valence-electron chi connectivity index (χ4n) is 2.79. The van der Waals surface area contributed by atoms with Crippen molar-refractivity contribution in [2.75, 3.05) is 28.4 Å². The van der Waals surface area contributed by atoms with Gasteiger partial charge in [0.15, 0.2) is 29.1 Å². The first-order valence-electron chi connectivity index (χ1n) is 8.94. The van der Waals surface area contributed by atoms with Gasteiger partial charge < -0.3 is 29.0 Å². The topological polar surface area (TPSA) is 75.3 Å². The maximum atomic E-state index is 12.7. The average molecular weight is 389 g/mol. The lowest BCUT2D eigenvalue weighted by Gasteiger charge is -2.20. The highest BCUT2D eigenvalue weighted by Crippen LogP contribution is 2.39. The minimum atomic E-state index is -0.651. The Morgan fingerprint density at radius 1 is 0.857 bits per heavy atom. The third-order valence-corrected chi connectivity index (χ3v) is 4.24. The number of hydrogen-bond acceptors (Lipinski definition) is 6. The van der Waals surface area contributed by atoms with Crippen molar-refractivity contribution in [3.63, 3.8) is 0 Å². The molecule has 0 saturated heterocycles. The molecule has 7 nitrogen and oxygen atoms in total. The Balaban J connectivity index is 2.11. The highest BCUT2D eigenvalue weighted by atomic mass is 16.5. The predicted octanol–water partition coefficient (Wildman–Crippen LogP) is 3.19. The second-order valence-electron chi connectivity index (χ2n) is 5.88. The van der Waals surface area contributed by atoms with Gasteiger partial charge in [0.05, 0.1) is 28.4 Å². The molecule has 0 heterocycles. The molecule has 0 aliphatic rings. The normalized spacial score (nSPS) is 11.3. The lowest BCUT2D eigenvalue weighted by atomic mass is 10.1. The Morgan fingerprint density at radius 3 is 2.07 bits per heavy atom. The number of methoxy groups -OCH3 is 4. The third kappa shape index (κ3) is 4.79. The molecule has 2 aromatic carbocycles. The Hall–Kier alpha value is -3.09. The summed E-state index contributed by atoms with van der Waals surface area (Å²) < 4.78 is 27.2. The molecule has 0 fully saturated rings. The second kappa shape index (κ2) is 10.3. The minimum Gasteiger partial charge on any atom is -0.493 e. The fourth-order valence-corrected chi connectivity index (χ4v) is 2.79. The molecule has 0 aromatic heterocycles. The molecular weight excluding hydrogens is 362 g/mol. The fraction of sp³-hybridized carbons (Fsp3) is 0.381. The van der Waals surface area contributed by atoms with E-state index in [0.29, 0.717) is 35.2 Å². The van der Waals surface area contributed by atoms with E-state index in [4.69, 9.17) is 23.7 Å². The quantitative estimate of drug-likeness (QED) is 0.673. The first-order valence-corrected chi connectivity index (χ1v) is 8.94. The van der Waals surface area contributed by atoms with Crippen molar-refractivity contribution in [3.05, 3.63) is 42.0 Å². The zero-order chi connectivity index (χ0) is 20.5. The molecule has 1 amide bonds. The predicted molar refractivity (Wildman–Crippen MR) is 106 cm³/mol. The molecule has 0 aliphatic heterocycles. The number of rotatable bonds is 10. The van der Waals surface area contributed by atoms with E-state index < -0.39 is 6.10 Å². The van der Waals surface area contributed by atoms with Crippen LogP contribution in [-0.2, 0) is 11.3 Å².